The summed E-state index contributed by atoms with van der Waals surface area (Å²) >= 11 is 0. The minimum Gasteiger partial charge on any atom is -0.380 e. The maximum atomic E-state index is 5.42. The molecule has 2 fully saturated rings. The Bertz CT molecular complexity index is 204. The Hall–Kier alpha value is -0.120. The van der Waals surface area contributed by atoms with Gasteiger partial charge in [-0.15, -0.1) is 0 Å². The van der Waals surface area contributed by atoms with Crippen molar-refractivity contribution in [2.45, 2.75) is 32.2 Å². The Labute approximate surface area is 93.2 Å². The van der Waals surface area contributed by atoms with E-state index in [9.17, 15) is 0 Å². The molecule has 0 aromatic carbocycles. The molecule has 0 radical (unpaired) electrons. The summed E-state index contributed by atoms with van der Waals surface area (Å²) < 4.78 is 5.42. The number of nitrogens with zero attached hydrogens (tertiary/aromatic N) is 1. The van der Waals surface area contributed by atoms with Gasteiger partial charge in [0.25, 0.3) is 0 Å². The van der Waals surface area contributed by atoms with Gasteiger partial charge < -0.3 is 15.0 Å². The fraction of sp³-hybridized carbons (Fsp3) is 1.00. The van der Waals surface area contributed by atoms with Crippen molar-refractivity contribution in [3.63, 3.8) is 0 Å². The van der Waals surface area contributed by atoms with Crippen molar-refractivity contribution in [1.29, 1.82) is 0 Å². The lowest BCUT2D eigenvalue weighted by molar-refractivity contribution is -0.127. The van der Waals surface area contributed by atoms with E-state index in [4.69, 9.17) is 4.74 Å². The number of rotatable bonds is 4. The molecule has 0 aromatic rings. The summed E-state index contributed by atoms with van der Waals surface area (Å²) in [4.78, 5) is 2.43. The van der Waals surface area contributed by atoms with Gasteiger partial charge in [-0.05, 0) is 19.9 Å². The van der Waals surface area contributed by atoms with Crippen LogP contribution in [0.5, 0.6) is 0 Å². The highest BCUT2D eigenvalue weighted by molar-refractivity contribution is 4.91. The monoisotopic (exact) mass is 212 g/mol. The van der Waals surface area contributed by atoms with Crippen molar-refractivity contribution in [2.24, 2.45) is 5.41 Å². The van der Waals surface area contributed by atoms with Crippen molar-refractivity contribution in [1.82, 2.24) is 10.2 Å². The number of hydrogen-bond donors (Lipinski definition) is 1. The Morgan fingerprint density at radius 2 is 2.27 bits per heavy atom. The zero-order valence-electron chi connectivity index (χ0n) is 10.1. The first-order valence-electron chi connectivity index (χ1n) is 6.24. The van der Waals surface area contributed by atoms with E-state index in [1.165, 1.54) is 32.4 Å². The molecule has 0 saturated carbocycles. The van der Waals surface area contributed by atoms with Crippen molar-refractivity contribution < 1.29 is 4.74 Å². The van der Waals surface area contributed by atoms with Gasteiger partial charge >= 0.3 is 0 Å². The highest BCUT2D eigenvalue weighted by atomic mass is 16.5. The molecule has 0 aliphatic carbocycles. The maximum absolute atomic E-state index is 5.42. The van der Waals surface area contributed by atoms with Gasteiger partial charge in [0.1, 0.15) is 0 Å². The van der Waals surface area contributed by atoms with Crippen LogP contribution in [-0.2, 0) is 4.74 Å². The topological polar surface area (TPSA) is 24.5 Å². The molecule has 1 N–H and O–H groups in total. The molecular weight excluding hydrogens is 188 g/mol. The zero-order chi connectivity index (χ0) is 10.7. The third-order valence-electron chi connectivity index (χ3n) is 3.73. The average Bonchev–Trinajstić information content (AvgIpc) is 2.15. The number of piperazine rings is 1. The Morgan fingerprint density at radius 1 is 1.47 bits per heavy atom. The van der Waals surface area contributed by atoms with E-state index in [0.29, 0.717) is 11.5 Å². The lowest BCUT2D eigenvalue weighted by Crippen LogP contribution is -2.54. The van der Waals surface area contributed by atoms with Crippen LogP contribution in [0.25, 0.3) is 0 Å². The molecular formula is C12H24N2O. The van der Waals surface area contributed by atoms with E-state index in [1.807, 2.05) is 0 Å². The van der Waals surface area contributed by atoms with Gasteiger partial charge in [0.2, 0.25) is 0 Å². The number of ether oxygens (including phenoxy) is 1. The predicted molar refractivity (Wildman–Crippen MR) is 62.1 cm³/mol. The molecule has 2 rings (SSSR count). The van der Waals surface area contributed by atoms with E-state index in [0.717, 1.165) is 19.8 Å². The molecule has 3 heteroatoms. The van der Waals surface area contributed by atoms with Crippen LogP contribution < -0.4 is 5.32 Å². The van der Waals surface area contributed by atoms with Gasteiger partial charge in [0.15, 0.2) is 0 Å². The average molecular weight is 212 g/mol. The largest absolute Gasteiger partial charge is 0.380 e. The molecule has 0 amide bonds. The van der Waals surface area contributed by atoms with Crippen molar-refractivity contribution >= 4 is 0 Å². The summed E-state index contributed by atoms with van der Waals surface area (Å²) in [5, 5.41) is 3.63. The van der Waals surface area contributed by atoms with Crippen LogP contribution in [0.2, 0.25) is 0 Å². The van der Waals surface area contributed by atoms with Crippen LogP contribution in [0.4, 0.5) is 0 Å². The SMILES string of the molecule is CCCC1(CC2CN(C)CCN2)COC1. The number of likely N-dealkylation sites (N-methyl/N-ethyl adjacent to an activating group) is 1. The van der Waals surface area contributed by atoms with E-state index in [-0.39, 0.29) is 0 Å². The standard InChI is InChI=1S/C12H24N2O/c1-3-4-12(9-15-10-12)7-11-8-14(2)6-5-13-11/h11,13H,3-10H2,1-2H3. The summed E-state index contributed by atoms with van der Waals surface area (Å²) in [6.07, 6.45) is 3.91. The molecule has 1 unspecified atom stereocenters. The fourth-order valence-corrected chi connectivity index (χ4v) is 2.94. The van der Waals surface area contributed by atoms with Gasteiger partial charge in [0.05, 0.1) is 13.2 Å². The summed E-state index contributed by atoms with van der Waals surface area (Å²) in [5.41, 5.74) is 0.505. The van der Waals surface area contributed by atoms with E-state index in [2.05, 4.69) is 24.2 Å². The first kappa shape index (κ1) is 11.4. The van der Waals surface area contributed by atoms with Crippen LogP contribution in [0.1, 0.15) is 26.2 Å². The summed E-state index contributed by atoms with van der Waals surface area (Å²) in [6.45, 7) is 7.79. The van der Waals surface area contributed by atoms with Gasteiger partial charge in [0, 0.05) is 31.1 Å². The van der Waals surface area contributed by atoms with Gasteiger partial charge in [-0.2, -0.15) is 0 Å². The second-order valence-corrected chi connectivity index (χ2v) is 5.36. The smallest absolute Gasteiger partial charge is 0.0545 e. The Kier molecular flexibility index (Phi) is 3.65. The van der Waals surface area contributed by atoms with E-state index in [1.54, 1.807) is 0 Å². The Balaban J connectivity index is 1.83. The quantitative estimate of drug-likeness (QED) is 0.755. The predicted octanol–water partition coefficient (Wildman–Crippen LogP) is 1.10. The third-order valence-corrected chi connectivity index (χ3v) is 3.73. The lowest BCUT2D eigenvalue weighted by atomic mass is 9.76. The van der Waals surface area contributed by atoms with Crippen molar-refractivity contribution in [2.75, 3.05) is 39.9 Å². The van der Waals surface area contributed by atoms with Crippen LogP contribution in [0, 0.1) is 5.41 Å². The fourth-order valence-electron chi connectivity index (χ4n) is 2.94. The molecule has 0 aromatic heterocycles. The molecule has 2 aliphatic heterocycles. The molecule has 2 saturated heterocycles. The maximum Gasteiger partial charge on any atom is 0.0545 e. The normalized spacial score (nSPS) is 31.2. The van der Waals surface area contributed by atoms with Crippen LogP contribution in [0.15, 0.2) is 0 Å². The minimum absolute atomic E-state index is 0.505. The summed E-state index contributed by atoms with van der Waals surface area (Å²) in [5.74, 6) is 0. The van der Waals surface area contributed by atoms with Gasteiger partial charge in [-0.25, -0.2) is 0 Å². The molecule has 15 heavy (non-hydrogen) atoms. The van der Waals surface area contributed by atoms with Crippen LogP contribution in [-0.4, -0.2) is 50.8 Å². The third kappa shape index (κ3) is 2.71. The highest BCUT2D eigenvalue weighted by Crippen LogP contribution is 2.37. The highest BCUT2D eigenvalue weighted by Gasteiger charge is 2.39. The van der Waals surface area contributed by atoms with Crippen molar-refractivity contribution in [3.05, 3.63) is 0 Å². The first-order valence-corrected chi connectivity index (χ1v) is 6.24. The summed E-state index contributed by atoms with van der Waals surface area (Å²) in [7, 11) is 2.22. The first-order chi connectivity index (χ1) is 7.24. The van der Waals surface area contributed by atoms with Gasteiger partial charge in [-0.3, -0.25) is 0 Å². The Morgan fingerprint density at radius 3 is 2.80 bits per heavy atom. The van der Waals surface area contributed by atoms with Gasteiger partial charge in [-0.1, -0.05) is 13.3 Å². The molecule has 2 aliphatic rings. The molecule has 88 valence electrons. The van der Waals surface area contributed by atoms with Crippen molar-refractivity contribution in [3.8, 4) is 0 Å². The van der Waals surface area contributed by atoms with Crippen LogP contribution in [0.3, 0.4) is 0 Å². The number of nitrogens with one attached hydrogen (secondary N) is 1. The lowest BCUT2D eigenvalue weighted by Gasteiger charge is -2.45. The molecule has 0 bridgehead atoms. The van der Waals surface area contributed by atoms with Crippen LogP contribution >= 0.6 is 0 Å². The zero-order valence-corrected chi connectivity index (χ0v) is 10.1. The van der Waals surface area contributed by atoms with E-state index < -0.39 is 0 Å². The molecule has 0 spiro atoms. The second-order valence-electron chi connectivity index (χ2n) is 5.36. The second kappa shape index (κ2) is 4.81. The summed E-state index contributed by atoms with van der Waals surface area (Å²) in [6, 6.07) is 0.680. The number of hydrogen-bond acceptors (Lipinski definition) is 3. The molecule has 1 atom stereocenters. The van der Waals surface area contributed by atoms with E-state index >= 15 is 0 Å². The minimum atomic E-state index is 0.505. The molecule has 2 heterocycles. The molecule has 3 nitrogen and oxygen atoms in total.